The Labute approximate surface area is 127 Å². The zero-order valence-corrected chi connectivity index (χ0v) is 11.8. The number of esters is 1. The van der Waals surface area contributed by atoms with Crippen LogP contribution in [0.2, 0.25) is 0 Å². The minimum absolute atomic E-state index is 0.192. The lowest BCUT2D eigenvalue weighted by atomic mass is 10.1. The molecule has 2 rings (SSSR count). The van der Waals surface area contributed by atoms with E-state index in [0.29, 0.717) is 18.4 Å². The molecule has 22 heavy (non-hydrogen) atoms. The molecule has 7 heteroatoms. The third-order valence-electron chi connectivity index (χ3n) is 3.31. The summed E-state index contributed by atoms with van der Waals surface area (Å²) in [7, 11) is 0. The lowest BCUT2D eigenvalue weighted by molar-refractivity contribution is -0.230. The van der Waals surface area contributed by atoms with Gasteiger partial charge in [-0.1, -0.05) is 6.07 Å². The molecule has 1 aromatic rings. The zero-order valence-electron chi connectivity index (χ0n) is 11.8. The number of aromatic hydroxyl groups is 2. The highest BCUT2D eigenvalue weighted by Crippen LogP contribution is 2.25. The van der Waals surface area contributed by atoms with Gasteiger partial charge in [-0.3, -0.25) is 0 Å². The summed E-state index contributed by atoms with van der Waals surface area (Å²) in [5.41, 5.74) is 0.507. The molecule has 120 valence electrons. The molecule has 1 unspecified atom stereocenters. The predicted octanol–water partition coefficient (Wildman–Crippen LogP) is 0.512. The average Bonchev–Trinajstić information content (AvgIpc) is 2.50. The lowest BCUT2D eigenvalue weighted by Crippen LogP contribution is -2.42. The van der Waals surface area contributed by atoms with Crippen molar-refractivity contribution in [1.29, 1.82) is 0 Å². The molecule has 1 saturated heterocycles. The van der Waals surface area contributed by atoms with Crippen LogP contribution >= 0.6 is 0 Å². The smallest absolute Gasteiger partial charge is 0.331 e. The summed E-state index contributed by atoms with van der Waals surface area (Å²) in [6.45, 7) is -0.192. The van der Waals surface area contributed by atoms with Gasteiger partial charge in [0, 0.05) is 6.08 Å². The van der Waals surface area contributed by atoms with Crippen LogP contribution < -0.4 is 0 Å². The van der Waals surface area contributed by atoms with Crippen molar-refractivity contribution >= 4 is 12.0 Å². The number of hydrogen-bond acceptors (Lipinski definition) is 7. The quantitative estimate of drug-likeness (QED) is 0.364. The first-order valence-corrected chi connectivity index (χ1v) is 6.84. The third kappa shape index (κ3) is 4.20. The monoisotopic (exact) mass is 310 g/mol. The van der Waals surface area contributed by atoms with Crippen molar-refractivity contribution in [3.63, 3.8) is 0 Å². The second-order valence-corrected chi connectivity index (χ2v) is 4.97. The molecule has 4 N–H and O–H groups in total. The van der Waals surface area contributed by atoms with Gasteiger partial charge in [0.05, 0.1) is 12.7 Å². The number of aliphatic hydroxyl groups excluding tert-OH is 2. The summed E-state index contributed by atoms with van der Waals surface area (Å²) in [6.07, 6.45) is 0.951. The van der Waals surface area contributed by atoms with Crippen LogP contribution in [0.15, 0.2) is 24.3 Å². The summed E-state index contributed by atoms with van der Waals surface area (Å²) in [6, 6.07) is 4.11. The van der Waals surface area contributed by atoms with E-state index in [1.807, 2.05) is 0 Å². The number of phenolic OH excluding ortho intramolecular Hbond substituents is 2. The van der Waals surface area contributed by atoms with E-state index in [4.69, 9.17) is 14.6 Å². The number of rotatable bonds is 4. The largest absolute Gasteiger partial charge is 0.504 e. The molecule has 0 aliphatic carbocycles. The Morgan fingerprint density at radius 1 is 1.32 bits per heavy atom. The van der Waals surface area contributed by atoms with Gasteiger partial charge in [-0.05, 0) is 36.6 Å². The fourth-order valence-corrected chi connectivity index (χ4v) is 2.09. The third-order valence-corrected chi connectivity index (χ3v) is 3.31. The van der Waals surface area contributed by atoms with Gasteiger partial charge < -0.3 is 29.9 Å². The minimum Gasteiger partial charge on any atom is -0.504 e. The van der Waals surface area contributed by atoms with E-state index in [1.54, 1.807) is 0 Å². The van der Waals surface area contributed by atoms with Crippen LogP contribution in [-0.4, -0.2) is 51.5 Å². The standard InChI is InChI=1S/C15H18O7/c16-8-10-3-5-13(15(20)21-10)22-14(19)6-2-9-1-4-11(17)12(18)7-9/h1-2,4,6-7,10,13,15-18,20H,3,5,8H2/b6-2+/t10?,13-,15+/m0/s1. The van der Waals surface area contributed by atoms with Crippen LogP contribution in [0.4, 0.5) is 0 Å². The van der Waals surface area contributed by atoms with E-state index in [2.05, 4.69) is 0 Å². The van der Waals surface area contributed by atoms with Gasteiger partial charge in [0.25, 0.3) is 0 Å². The van der Waals surface area contributed by atoms with E-state index >= 15 is 0 Å². The Morgan fingerprint density at radius 3 is 2.73 bits per heavy atom. The average molecular weight is 310 g/mol. The molecule has 0 aromatic heterocycles. The molecule has 3 atom stereocenters. The summed E-state index contributed by atoms with van der Waals surface area (Å²) >= 11 is 0. The van der Waals surface area contributed by atoms with Crippen molar-refractivity contribution in [2.45, 2.75) is 31.3 Å². The first-order chi connectivity index (χ1) is 10.5. The number of carbonyl (C=O) groups is 1. The van der Waals surface area contributed by atoms with Crippen LogP contribution in [0.25, 0.3) is 6.08 Å². The molecule has 0 amide bonds. The predicted molar refractivity (Wildman–Crippen MR) is 75.9 cm³/mol. The van der Waals surface area contributed by atoms with Crippen molar-refractivity contribution in [1.82, 2.24) is 0 Å². The Bertz CT molecular complexity index is 555. The number of aliphatic hydroxyl groups is 2. The maximum absolute atomic E-state index is 11.7. The van der Waals surface area contributed by atoms with Gasteiger partial charge in [0.15, 0.2) is 23.9 Å². The van der Waals surface area contributed by atoms with Crippen molar-refractivity contribution in [3.8, 4) is 11.5 Å². The normalized spacial score (nSPS) is 25.3. The molecule has 1 aliphatic rings. The molecule has 1 aromatic carbocycles. The summed E-state index contributed by atoms with van der Waals surface area (Å²) in [5, 5.41) is 37.1. The fourth-order valence-electron chi connectivity index (χ4n) is 2.09. The van der Waals surface area contributed by atoms with Crippen molar-refractivity contribution < 1.29 is 34.7 Å². The van der Waals surface area contributed by atoms with E-state index in [0.717, 1.165) is 6.08 Å². The summed E-state index contributed by atoms with van der Waals surface area (Å²) < 4.78 is 10.2. The number of phenols is 2. The van der Waals surface area contributed by atoms with Crippen molar-refractivity contribution in [3.05, 3.63) is 29.8 Å². The molecule has 0 saturated carbocycles. The van der Waals surface area contributed by atoms with Crippen molar-refractivity contribution in [2.75, 3.05) is 6.61 Å². The van der Waals surface area contributed by atoms with Crippen LogP contribution in [0, 0.1) is 0 Å². The maximum Gasteiger partial charge on any atom is 0.331 e. The van der Waals surface area contributed by atoms with Gasteiger partial charge in [-0.2, -0.15) is 0 Å². The minimum atomic E-state index is -1.26. The van der Waals surface area contributed by atoms with E-state index in [-0.39, 0.29) is 18.1 Å². The summed E-state index contributed by atoms with van der Waals surface area (Å²) in [4.78, 5) is 11.7. The SMILES string of the molecule is O=C(/C=C/c1ccc(O)c(O)c1)O[C@H]1CCC(CO)O[C@H]1O. The molecular weight excluding hydrogens is 292 g/mol. The van der Waals surface area contributed by atoms with Crippen LogP contribution in [0.1, 0.15) is 18.4 Å². The molecule has 0 spiro atoms. The van der Waals surface area contributed by atoms with E-state index in [1.165, 1.54) is 24.3 Å². The molecule has 1 heterocycles. The second kappa shape index (κ2) is 7.26. The van der Waals surface area contributed by atoms with E-state index < -0.39 is 24.5 Å². The molecule has 1 fully saturated rings. The topological polar surface area (TPSA) is 116 Å². The van der Waals surface area contributed by atoms with Crippen LogP contribution in [-0.2, 0) is 14.3 Å². The van der Waals surface area contributed by atoms with Crippen molar-refractivity contribution in [2.24, 2.45) is 0 Å². The van der Waals surface area contributed by atoms with E-state index in [9.17, 15) is 20.1 Å². The first kappa shape index (κ1) is 16.3. The second-order valence-electron chi connectivity index (χ2n) is 4.97. The van der Waals surface area contributed by atoms with Crippen LogP contribution in [0.3, 0.4) is 0 Å². The highest BCUT2D eigenvalue weighted by molar-refractivity contribution is 5.87. The maximum atomic E-state index is 11.7. The van der Waals surface area contributed by atoms with Gasteiger partial charge >= 0.3 is 5.97 Å². The Hall–Kier alpha value is -2.09. The molecule has 0 radical (unpaired) electrons. The molecule has 1 aliphatic heterocycles. The Morgan fingerprint density at radius 2 is 2.09 bits per heavy atom. The Kier molecular flexibility index (Phi) is 5.37. The molecule has 7 nitrogen and oxygen atoms in total. The first-order valence-electron chi connectivity index (χ1n) is 6.84. The lowest BCUT2D eigenvalue weighted by Gasteiger charge is -2.31. The Balaban J connectivity index is 1.89. The van der Waals surface area contributed by atoms with Gasteiger partial charge in [-0.15, -0.1) is 0 Å². The number of ether oxygens (including phenoxy) is 2. The highest BCUT2D eigenvalue weighted by Gasteiger charge is 2.31. The fraction of sp³-hybridized carbons (Fsp3) is 0.400. The van der Waals surface area contributed by atoms with Gasteiger partial charge in [0.2, 0.25) is 0 Å². The molecule has 0 bridgehead atoms. The number of hydrogen-bond donors (Lipinski definition) is 4. The van der Waals surface area contributed by atoms with Crippen LogP contribution in [0.5, 0.6) is 11.5 Å². The number of benzene rings is 1. The van der Waals surface area contributed by atoms with Gasteiger partial charge in [0.1, 0.15) is 0 Å². The number of carbonyl (C=O) groups excluding carboxylic acids is 1. The highest BCUT2D eigenvalue weighted by atomic mass is 16.7. The zero-order chi connectivity index (χ0) is 16.1. The summed E-state index contributed by atoms with van der Waals surface area (Å²) in [5.74, 6) is -1.20. The molecular formula is C15H18O7. The van der Waals surface area contributed by atoms with Gasteiger partial charge in [-0.25, -0.2) is 4.79 Å².